The number of amides is 1. The molecule has 3 rings (SSSR count). The lowest BCUT2D eigenvalue weighted by Crippen LogP contribution is -2.21. The Morgan fingerprint density at radius 1 is 1.30 bits per heavy atom. The summed E-state index contributed by atoms with van der Waals surface area (Å²) < 4.78 is 0. The van der Waals surface area contributed by atoms with Crippen molar-refractivity contribution < 1.29 is 4.79 Å². The summed E-state index contributed by atoms with van der Waals surface area (Å²) in [6.45, 7) is 7.28. The van der Waals surface area contributed by atoms with Crippen LogP contribution in [-0.4, -0.2) is 10.9 Å². The lowest BCUT2D eigenvalue weighted by molar-refractivity contribution is -0.116. The third kappa shape index (κ3) is 3.79. The molecule has 0 aliphatic carbocycles. The summed E-state index contributed by atoms with van der Waals surface area (Å²) in [7, 11) is 0. The van der Waals surface area contributed by atoms with Crippen LogP contribution in [0.1, 0.15) is 61.0 Å². The van der Waals surface area contributed by atoms with Crippen molar-refractivity contribution in [2.24, 2.45) is 0 Å². The highest BCUT2D eigenvalue weighted by Gasteiger charge is 2.16. The summed E-state index contributed by atoms with van der Waals surface area (Å²) in [6.07, 6.45) is 1.40. The van der Waals surface area contributed by atoms with Crippen LogP contribution in [0.25, 0.3) is 0 Å². The van der Waals surface area contributed by atoms with Crippen LogP contribution >= 0.6 is 11.3 Å². The summed E-state index contributed by atoms with van der Waals surface area (Å²) in [5.41, 5.74) is 4.54. The van der Waals surface area contributed by atoms with E-state index in [0.717, 1.165) is 24.3 Å². The Morgan fingerprint density at radius 3 is 2.87 bits per heavy atom. The van der Waals surface area contributed by atoms with E-state index < -0.39 is 0 Å². The second-order valence-corrected chi connectivity index (χ2v) is 7.29. The average molecular weight is 329 g/mol. The number of carbonyl (C=O) groups excluding carboxylic acids is 1. The molecule has 0 bridgehead atoms. The fourth-order valence-electron chi connectivity index (χ4n) is 2.72. The van der Waals surface area contributed by atoms with Crippen molar-refractivity contribution in [3.8, 4) is 0 Å². The summed E-state index contributed by atoms with van der Waals surface area (Å²) >= 11 is 1.73. The van der Waals surface area contributed by atoms with E-state index in [9.17, 15) is 4.79 Å². The topological polar surface area (TPSA) is 54.0 Å². The molecule has 0 fully saturated rings. The Balaban J connectivity index is 1.63. The summed E-state index contributed by atoms with van der Waals surface area (Å²) in [6, 6.07) is 6.55. The number of fused-ring (bicyclic) bond motifs is 1. The van der Waals surface area contributed by atoms with Gasteiger partial charge in [-0.3, -0.25) is 4.79 Å². The Bertz CT molecular complexity index is 708. The number of aromatic nitrogens is 1. The molecular weight excluding hydrogens is 306 g/mol. The lowest BCUT2D eigenvalue weighted by Gasteiger charge is -2.20. The van der Waals surface area contributed by atoms with Crippen LogP contribution in [0.3, 0.4) is 0 Å². The van der Waals surface area contributed by atoms with Gasteiger partial charge in [0.05, 0.1) is 10.7 Å². The van der Waals surface area contributed by atoms with Crippen LogP contribution < -0.4 is 10.6 Å². The van der Waals surface area contributed by atoms with E-state index in [2.05, 4.69) is 53.9 Å². The maximum atomic E-state index is 11.4. The number of anilines is 1. The zero-order valence-corrected chi connectivity index (χ0v) is 14.7. The van der Waals surface area contributed by atoms with E-state index in [4.69, 9.17) is 0 Å². The third-order valence-corrected chi connectivity index (χ3v) is 5.37. The smallest absolute Gasteiger partial charge is 0.224 e. The van der Waals surface area contributed by atoms with Gasteiger partial charge in [0, 0.05) is 36.0 Å². The van der Waals surface area contributed by atoms with Gasteiger partial charge in [0.1, 0.15) is 0 Å². The minimum absolute atomic E-state index is 0.112. The molecule has 0 radical (unpaired) electrons. The molecule has 0 saturated heterocycles. The lowest BCUT2D eigenvalue weighted by atomic mass is 9.98. The summed E-state index contributed by atoms with van der Waals surface area (Å²) in [5.74, 6) is 0.600. The van der Waals surface area contributed by atoms with Gasteiger partial charge in [-0.05, 0) is 30.5 Å². The van der Waals surface area contributed by atoms with Crippen molar-refractivity contribution in [3.05, 3.63) is 45.4 Å². The number of carbonyl (C=O) groups is 1. The molecule has 0 saturated carbocycles. The Labute approximate surface area is 141 Å². The molecule has 1 aliphatic heterocycles. The molecule has 4 nitrogen and oxygen atoms in total. The predicted molar refractivity (Wildman–Crippen MR) is 94.9 cm³/mol. The van der Waals surface area contributed by atoms with E-state index in [1.807, 2.05) is 6.07 Å². The van der Waals surface area contributed by atoms with E-state index in [1.165, 1.54) is 16.1 Å². The van der Waals surface area contributed by atoms with Crippen LogP contribution in [0.15, 0.2) is 23.6 Å². The molecule has 122 valence electrons. The minimum Gasteiger partial charge on any atom is -0.326 e. The van der Waals surface area contributed by atoms with Gasteiger partial charge in [0.2, 0.25) is 5.91 Å². The summed E-state index contributed by atoms with van der Waals surface area (Å²) in [5, 5.41) is 9.80. The van der Waals surface area contributed by atoms with Crippen molar-refractivity contribution in [2.75, 3.05) is 5.32 Å². The number of aryl methyl sites for hydroxylation is 1. The summed E-state index contributed by atoms with van der Waals surface area (Å²) in [4.78, 5) is 16.1. The van der Waals surface area contributed by atoms with Gasteiger partial charge in [0.25, 0.3) is 0 Å². The predicted octanol–water partition coefficient (Wildman–Crippen LogP) is 4.00. The largest absolute Gasteiger partial charge is 0.326 e. The number of benzene rings is 1. The number of nitrogens with one attached hydrogen (secondary N) is 2. The standard InChI is InChI=1S/C18H23N3OS/c1-11(2)18-20-15(10-23-18)9-19-12(3)13-4-6-16-14(8-13)5-7-17(22)21-16/h4,6,8,10-12,19H,5,7,9H2,1-3H3,(H,21,22)/t12-/m1/s1. The van der Waals surface area contributed by atoms with Gasteiger partial charge >= 0.3 is 0 Å². The van der Waals surface area contributed by atoms with Crippen molar-refractivity contribution in [2.45, 2.75) is 52.1 Å². The van der Waals surface area contributed by atoms with Gasteiger partial charge in [0.15, 0.2) is 0 Å². The number of thiazole rings is 1. The highest BCUT2D eigenvalue weighted by atomic mass is 32.1. The highest BCUT2D eigenvalue weighted by Crippen LogP contribution is 2.26. The second kappa shape index (κ2) is 6.81. The van der Waals surface area contributed by atoms with E-state index in [1.54, 1.807) is 11.3 Å². The van der Waals surface area contributed by atoms with Gasteiger partial charge in [-0.15, -0.1) is 11.3 Å². The molecule has 1 atom stereocenters. The van der Waals surface area contributed by atoms with Crippen molar-refractivity contribution in [1.29, 1.82) is 0 Å². The molecule has 23 heavy (non-hydrogen) atoms. The molecule has 1 amide bonds. The molecule has 5 heteroatoms. The molecule has 2 aromatic rings. The monoisotopic (exact) mass is 329 g/mol. The van der Waals surface area contributed by atoms with E-state index >= 15 is 0 Å². The van der Waals surface area contributed by atoms with Crippen LogP contribution in [0.4, 0.5) is 5.69 Å². The SMILES string of the molecule is CC(C)c1nc(CN[C@H](C)c2ccc3c(c2)CCC(=O)N3)cs1. The second-order valence-electron chi connectivity index (χ2n) is 6.40. The maximum Gasteiger partial charge on any atom is 0.224 e. The zero-order chi connectivity index (χ0) is 16.4. The van der Waals surface area contributed by atoms with Gasteiger partial charge in [-0.2, -0.15) is 0 Å². The molecule has 2 N–H and O–H groups in total. The number of hydrogen-bond donors (Lipinski definition) is 2. The fourth-order valence-corrected chi connectivity index (χ4v) is 3.55. The fraction of sp³-hybridized carbons (Fsp3) is 0.444. The number of hydrogen-bond acceptors (Lipinski definition) is 4. The first-order valence-corrected chi connectivity index (χ1v) is 9.01. The van der Waals surface area contributed by atoms with Gasteiger partial charge in [-0.1, -0.05) is 26.0 Å². The van der Waals surface area contributed by atoms with Crippen LogP contribution in [0.2, 0.25) is 0 Å². The maximum absolute atomic E-state index is 11.4. The minimum atomic E-state index is 0.112. The first kappa shape index (κ1) is 16.1. The Hall–Kier alpha value is -1.72. The molecular formula is C18H23N3OS. The van der Waals surface area contributed by atoms with Crippen molar-refractivity contribution in [1.82, 2.24) is 10.3 Å². The first-order chi connectivity index (χ1) is 11.0. The normalized spacial score (nSPS) is 15.4. The molecule has 1 aliphatic rings. The van der Waals surface area contributed by atoms with Gasteiger partial charge in [-0.25, -0.2) is 4.98 Å². The Kier molecular flexibility index (Phi) is 4.78. The number of nitrogens with zero attached hydrogens (tertiary/aromatic N) is 1. The molecule has 1 aromatic heterocycles. The average Bonchev–Trinajstić information content (AvgIpc) is 3.01. The Morgan fingerprint density at radius 2 is 2.13 bits per heavy atom. The molecule has 1 aromatic carbocycles. The third-order valence-electron chi connectivity index (χ3n) is 4.18. The highest BCUT2D eigenvalue weighted by molar-refractivity contribution is 7.09. The van der Waals surface area contributed by atoms with Gasteiger partial charge < -0.3 is 10.6 Å². The van der Waals surface area contributed by atoms with Crippen LogP contribution in [-0.2, 0) is 17.8 Å². The quantitative estimate of drug-likeness (QED) is 0.871. The molecule has 2 heterocycles. The zero-order valence-electron chi connectivity index (χ0n) is 13.8. The first-order valence-electron chi connectivity index (χ1n) is 8.13. The number of rotatable bonds is 5. The van der Waals surface area contributed by atoms with E-state index in [-0.39, 0.29) is 11.9 Å². The van der Waals surface area contributed by atoms with Crippen LogP contribution in [0, 0.1) is 0 Å². The van der Waals surface area contributed by atoms with E-state index in [0.29, 0.717) is 12.3 Å². The van der Waals surface area contributed by atoms with Crippen molar-refractivity contribution >= 4 is 22.9 Å². The molecule has 0 unspecified atom stereocenters. The van der Waals surface area contributed by atoms with Crippen LogP contribution in [0.5, 0.6) is 0 Å². The molecule has 0 spiro atoms. The van der Waals surface area contributed by atoms with Crippen molar-refractivity contribution in [3.63, 3.8) is 0 Å².